The summed E-state index contributed by atoms with van der Waals surface area (Å²) in [6.45, 7) is 0. The minimum absolute atomic E-state index is 0.114. The van der Waals surface area contributed by atoms with Gasteiger partial charge in [0.1, 0.15) is 11.6 Å². The van der Waals surface area contributed by atoms with E-state index in [9.17, 15) is 18.8 Å². The second kappa shape index (κ2) is 8.32. The number of amides is 4. The van der Waals surface area contributed by atoms with Crippen LogP contribution in [-0.2, 0) is 10.3 Å². The molecule has 0 unspecified atom stereocenters. The van der Waals surface area contributed by atoms with Crippen LogP contribution < -0.4 is 10.7 Å². The summed E-state index contributed by atoms with van der Waals surface area (Å²) in [4.78, 5) is 39.3. The van der Waals surface area contributed by atoms with Gasteiger partial charge in [0.15, 0.2) is 11.3 Å². The molecule has 0 radical (unpaired) electrons. The Bertz CT molecular complexity index is 1330. The van der Waals surface area contributed by atoms with Crippen molar-refractivity contribution in [2.75, 3.05) is 0 Å². The van der Waals surface area contributed by atoms with E-state index in [2.05, 4.69) is 10.7 Å². The number of rotatable bonds is 5. The SMILES string of the molecule is O=C(NN1C(=O)NC(c2ccccc2)(c2ccccc2)C1=O)c1ccc(-c2ccc(F)cc2)o1. The van der Waals surface area contributed by atoms with Crippen molar-refractivity contribution in [2.24, 2.45) is 0 Å². The number of imide groups is 1. The highest BCUT2D eigenvalue weighted by atomic mass is 19.1. The number of nitrogens with zero attached hydrogens (tertiary/aromatic N) is 1. The van der Waals surface area contributed by atoms with Gasteiger partial charge in [-0.25, -0.2) is 14.6 Å². The monoisotopic (exact) mass is 455 g/mol. The molecule has 4 aromatic rings. The fourth-order valence-electron chi connectivity index (χ4n) is 3.95. The molecule has 0 aliphatic carbocycles. The van der Waals surface area contributed by atoms with Crippen LogP contribution in [0.5, 0.6) is 0 Å². The van der Waals surface area contributed by atoms with Gasteiger partial charge >= 0.3 is 11.9 Å². The Morgan fingerprint density at radius 3 is 2.00 bits per heavy atom. The third-order valence-corrected chi connectivity index (χ3v) is 5.61. The van der Waals surface area contributed by atoms with Crippen molar-refractivity contribution < 1.29 is 23.2 Å². The molecule has 1 aromatic heterocycles. The van der Waals surface area contributed by atoms with Crippen molar-refractivity contribution in [3.63, 3.8) is 0 Å². The zero-order valence-electron chi connectivity index (χ0n) is 17.7. The number of carbonyl (C=O) groups is 3. The number of furan rings is 1. The van der Waals surface area contributed by atoms with E-state index in [1.807, 2.05) is 0 Å². The van der Waals surface area contributed by atoms with Gasteiger partial charge in [0.2, 0.25) is 0 Å². The standard InChI is InChI=1S/C26H18FN3O4/c27-20-13-11-17(12-14-20)21-15-16-22(34-21)23(31)29-30-24(32)26(28-25(30)33,18-7-3-1-4-8-18)19-9-5-2-6-10-19/h1-16H,(H,28,33)(H,29,31). The molecule has 3 aromatic carbocycles. The van der Waals surface area contributed by atoms with E-state index < -0.39 is 29.2 Å². The first-order chi connectivity index (χ1) is 16.5. The largest absolute Gasteiger partial charge is 0.451 e. The van der Waals surface area contributed by atoms with Crippen molar-refractivity contribution in [1.29, 1.82) is 0 Å². The Morgan fingerprint density at radius 2 is 1.41 bits per heavy atom. The zero-order valence-corrected chi connectivity index (χ0v) is 17.7. The van der Waals surface area contributed by atoms with Crippen LogP contribution in [0.1, 0.15) is 21.7 Å². The Hall–Kier alpha value is -4.72. The fraction of sp³-hybridized carbons (Fsp3) is 0.0385. The van der Waals surface area contributed by atoms with Crippen molar-refractivity contribution in [3.8, 4) is 11.3 Å². The van der Waals surface area contributed by atoms with E-state index in [0.717, 1.165) is 0 Å². The molecule has 8 heteroatoms. The van der Waals surface area contributed by atoms with Gasteiger partial charge in [0, 0.05) is 5.56 Å². The first kappa shape index (κ1) is 21.1. The topological polar surface area (TPSA) is 91.7 Å². The molecular weight excluding hydrogens is 437 g/mol. The van der Waals surface area contributed by atoms with Crippen molar-refractivity contribution in [3.05, 3.63) is 120 Å². The van der Waals surface area contributed by atoms with Gasteiger partial charge < -0.3 is 9.73 Å². The number of hydrazine groups is 1. The lowest BCUT2D eigenvalue weighted by Gasteiger charge is -2.27. The summed E-state index contributed by atoms with van der Waals surface area (Å²) < 4.78 is 18.7. The molecule has 1 aliphatic rings. The maximum absolute atomic E-state index is 13.6. The van der Waals surface area contributed by atoms with E-state index in [4.69, 9.17) is 4.42 Å². The number of urea groups is 1. The summed E-state index contributed by atoms with van der Waals surface area (Å²) in [5.41, 5.74) is 2.51. The lowest BCUT2D eigenvalue weighted by atomic mass is 9.83. The first-order valence-electron chi connectivity index (χ1n) is 10.4. The second-order valence-corrected chi connectivity index (χ2v) is 7.66. The minimum atomic E-state index is -1.50. The second-order valence-electron chi connectivity index (χ2n) is 7.66. The number of hydrogen-bond donors (Lipinski definition) is 2. The zero-order chi connectivity index (χ0) is 23.7. The van der Waals surface area contributed by atoms with E-state index in [-0.39, 0.29) is 5.76 Å². The molecule has 0 atom stereocenters. The summed E-state index contributed by atoms with van der Waals surface area (Å²) in [7, 11) is 0. The van der Waals surface area contributed by atoms with Crippen LogP contribution in [0.15, 0.2) is 101 Å². The van der Waals surface area contributed by atoms with Gasteiger partial charge in [-0.05, 0) is 47.5 Å². The maximum atomic E-state index is 13.6. The fourth-order valence-corrected chi connectivity index (χ4v) is 3.95. The molecule has 1 aliphatic heterocycles. The van der Waals surface area contributed by atoms with Crippen LogP contribution in [0.2, 0.25) is 0 Å². The highest BCUT2D eigenvalue weighted by Gasteiger charge is 2.54. The molecule has 0 spiro atoms. The third-order valence-electron chi connectivity index (χ3n) is 5.61. The average molecular weight is 455 g/mol. The first-order valence-corrected chi connectivity index (χ1v) is 10.4. The van der Waals surface area contributed by atoms with Gasteiger partial charge in [-0.3, -0.25) is 9.59 Å². The predicted molar refractivity (Wildman–Crippen MR) is 121 cm³/mol. The number of benzene rings is 3. The maximum Gasteiger partial charge on any atom is 0.344 e. The van der Waals surface area contributed by atoms with E-state index in [1.165, 1.54) is 30.3 Å². The smallest absolute Gasteiger partial charge is 0.344 e. The van der Waals surface area contributed by atoms with Gasteiger partial charge in [-0.2, -0.15) is 5.01 Å². The van der Waals surface area contributed by atoms with Crippen LogP contribution in [-0.4, -0.2) is 22.9 Å². The molecular formula is C26H18FN3O4. The number of carbonyl (C=O) groups excluding carboxylic acids is 3. The summed E-state index contributed by atoms with van der Waals surface area (Å²) in [6, 6.07) is 25.4. The van der Waals surface area contributed by atoms with Crippen molar-refractivity contribution in [1.82, 2.24) is 15.8 Å². The Kier molecular flexibility index (Phi) is 5.18. The van der Waals surface area contributed by atoms with Crippen LogP contribution in [0.3, 0.4) is 0 Å². The highest BCUT2D eigenvalue weighted by Crippen LogP contribution is 2.35. The Labute approximate surface area is 193 Å². The molecule has 0 bridgehead atoms. The molecule has 34 heavy (non-hydrogen) atoms. The average Bonchev–Trinajstić information content (AvgIpc) is 3.46. The Balaban J connectivity index is 1.44. The summed E-state index contributed by atoms with van der Waals surface area (Å²) >= 11 is 0. The van der Waals surface area contributed by atoms with E-state index in [0.29, 0.717) is 27.5 Å². The minimum Gasteiger partial charge on any atom is -0.451 e. The molecule has 2 heterocycles. The van der Waals surface area contributed by atoms with E-state index in [1.54, 1.807) is 66.7 Å². The molecule has 0 saturated carbocycles. The van der Waals surface area contributed by atoms with Crippen LogP contribution >= 0.6 is 0 Å². The lowest BCUT2D eigenvalue weighted by Crippen LogP contribution is -2.49. The normalized spacial score (nSPS) is 14.7. The number of halogens is 1. The molecule has 1 fully saturated rings. The molecule has 1 saturated heterocycles. The summed E-state index contributed by atoms with van der Waals surface area (Å²) in [5.74, 6) is -1.61. The van der Waals surface area contributed by atoms with Crippen LogP contribution in [0.4, 0.5) is 9.18 Å². The van der Waals surface area contributed by atoms with Gasteiger partial charge in [0.25, 0.3) is 5.91 Å². The van der Waals surface area contributed by atoms with Gasteiger partial charge in [0.05, 0.1) is 0 Å². The van der Waals surface area contributed by atoms with Gasteiger partial charge in [-0.15, -0.1) is 0 Å². The molecule has 7 nitrogen and oxygen atoms in total. The highest BCUT2D eigenvalue weighted by molar-refractivity contribution is 6.11. The summed E-state index contributed by atoms with van der Waals surface area (Å²) in [5, 5.41) is 3.40. The van der Waals surface area contributed by atoms with Crippen molar-refractivity contribution in [2.45, 2.75) is 5.54 Å². The number of nitrogens with one attached hydrogen (secondary N) is 2. The lowest BCUT2D eigenvalue weighted by molar-refractivity contribution is -0.131. The van der Waals surface area contributed by atoms with Gasteiger partial charge in [-0.1, -0.05) is 60.7 Å². The molecule has 4 amide bonds. The van der Waals surface area contributed by atoms with E-state index >= 15 is 0 Å². The molecule has 5 rings (SSSR count). The van der Waals surface area contributed by atoms with Crippen LogP contribution in [0, 0.1) is 5.82 Å². The third kappa shape index (κ3) is 3.51. The predicted octanol–water partition coefficient (Wildman–Crippen LogP) is 4.23. The number of hydrogen-bond acceptors (Lipinski definition) is 4. The molecule has 2 N–H and O–H groups in total. The van der Waals surface area contributed by atoms with Crippen molar-refractivity contribution >= 4 is 17.8 Å². The van der Waals surface area contributed by atoms with Crippen LogP contribution in [0.25, 0.3) is 11.3 Å². The molecule has 168 valence electrons. The quantitative estimate of drug-likeness (QED) is 0.441. The summed E-state index contributed by atoms with van der Waals surface area (Å²) in [6.07, 6.45) is 0. The Morgan fingerprint density at radius 1 is 0.824 bits per heavy atom.